The van der Waals surface area contributed by atoms with Crippen LogP contribution in [0.5, 0.6) is 0 Å². The summed E-state index contributed by atoms with van der Waals surface area (Å²) in [5.74, 6) is -0.373. The van der Waals surface area contributed by atoms with Gasteiger partial charge in [-0.15, -0.1) is 0 Å². The van der Waals surface area contributed by atoms with Gasteiger partial charge in [0.2, 0.25) is 10.0 Å². The number of halogens is 1. The van der Waals surface area contributed by atoms with Gasteiger partial charge < -0.3 is 4.90 Å². The molecule has 26 heavy (non-hydrogen) atoms. The van der Waals surface area contributed by atoms with Crippen LogP contribution in [0.3, 0.4) is 0 Å². The largest absolute Gasteiger partial charge is 0.309 e. The second-order valence-electron chi connectivity index (χ2n) is 6.84. The number of nitrogens with zero attached hydrogens (tertiary/aromatic N) is 1. The number of benzene rings is 2. The topological polar surface area (TPSA) is 49.4 Å². The molecule has 0 heterocycles. The van der Waals surface area contributed by atoms with Crippen LogP contribution >= 0.6 is 0 Å². The van der Waals surface area contributed by atoms with Gasteiger partial charge in [0.25, 0.3) is 0 Å². The third-order valence-electron chi connectivity index (χ3n) is 4.24. The molecule has 2 aromatic carbocycles. The van der Waals surface area contributed by atoms with E-state index >= 15 is 0 Å². The Morgan fingerprint density at radius 3 is 2.35 bits per heavy atom. The Labute approximate surface area is 156 Å². The van der Waals surface area contributed by atoms with Crippen LogP contribution in [0.15, 0.2) is 48.5 Å². The lowest BCUT2D eigenvalue weighted by molar-refractivity contribution is 0.400. The Hall–Kier alpha value is -1.76. The van der Waals surface area contributed by atoms with Crippen molar-refractivity contribution in [2.24, 2.45) is 0 Å². The van der Waals surface area contributed by atoms with Gasteiger partial charge in [0.05, 0.1) is 5.75 Å². The summed E-state index contributed by atoms with van der Waals surface area (Å²) in [6.07, 6.45) is 0.776. The summed E-state index contributed by atoms with van der Waals surface area (Å²) in [6.45, 7) is 3.17. The van der Waals surface area contributed by atoms with Gasteiger partial charge in [-0.05, 0) is 50.2 Å². The van der Waals surface area contributed by atoms with Crippen molar-refractivity contribution >= 4 is 10.0 Å². The second kappa shape index (κ2) is 9.26. The van der Waals surface area contributed by atoms with Crippen molar-refractivity contribution in [1.29, 1.82) is 0 Å². The first kappa shape index (κ1) is 20.6. The van der Waals surface area contributed by atoms with Crippen molar-refractivity contribution < 1.29 is 12.8 Å². The van der Waals surface area contributed by atoms with Crippen molar-refractivity contribution in [2.45, 2.75) is 19.3 Å². The lowest BCUT2D eigenvalue weighted by Gasteiger charge is -2.15. The van der Waals surface area contributed by atoms with Crippen LogP contribution in [0, 0.1) is 5.82 Å². The number of sulfonamides is 1. The fourth-order valence-electron chi connectivity index (χ4n) is 2.79. The normalized spacial score (nSPS) is 13.1. The number of nitrogens with one attached hydrogen (secondary N) is 1. The Morgan fingerprint density at radius 2 is 1.73 bits per heavy atom. The van der Waals surface area contributed by atoms with Gasteiger partial charge in [0.1, 0.15) is 5.82 Å². The van der Waals surface area contributed by atoms with E-state index in [9.17, 15) is 12.8 Å². The highest BCUT2D eigenvalue weighted by molar-refractivity contribution is 7.89. The highest BCUT2D eigenvalue weighted by Gasteiger charge is 2.17. The number of hydrogen-bond acceptors (Lipinski definition) is 3. The average molecular weight is 379 g/mol. The lowest BCUT2D eigenvalue weighted by atomic mass is 9.98. The van der Waals surface area contributed by atoms with Crippen LogP contribution in [0.1, 0.15) is 24.8 Å². The molecular weight excluding hydrogens is 351 g/mol. The van der Waals surface area contributed by atoms with Crippen molar-refractivity contribution in [3.63, 3.8) is 0 Å². The maximum Gasteiger partial charge on any atom is 0.212 e. The summed E-state index contributed by atoms with van der Waals surface area (Å²) in [5.41, 5.74) is 2.24. The minimum absolute atomic E-state index is 0.0357. The molecule has 6 heteroatoms. The maximum atomic E-state index is 13.9. The van der Waals surface area contributed by atoms with Crippen molar-refractivity contribution in [3.05, 3.63) is 59.9 Å². The first-order chi connectivity index (χ1) is 12.3. The van der Waals surface area contributed by atoms with Gasteiger partial charge in [-0.3, -0.25) is 0 Å². The summed E-state index contributed by atoms with van der Waals surface area (Å²) in [6, 6.07) is 14.0. The van der Waals surface area contributed by atoms with Gasteiger partial charge in [-0.1, -0.05) is 49.4 Å². The smallest absolute Gasteiger partial charge is 0.212 e. The van der Waals surface area contributed by atoms with Crippen LogP contribution in [0.2, 0.25) is 0 Å². The van der Waals surface area contributed by atoms with Crippen molar-refractivity contribution in [3.8, 4) is 11.1 Å². The molecule has 0 saturated carbocycles. The van der Waals surface area contributed by atoms with Crippen molar-refractivity contribution in [1.82, 2.24) is 9.62 Å². The summed E-state index contributed by atoms with van der Waals surface area (Å²) in [5, 5.41) is 0. The molecule has 1 N–H and O–H groups in total. The summed E-state index contributed by atoms with van der Waals surface area (Å²) in [4.78, 5) is 2.02. The van der Waals surface area contributed by atoms with E-state index in [1.165, 1.54) is 6.07 Å². The highest BCUT2D eigenvalue weighted by atomic mass is 32.2. The Kier molecular flexibility index (Phi) is 7.32. The summed E-state index contributed by atoms with van der Waals surface area (Å²) in [7, 11) is 0.595. The molecule has 2 aromatic rings. The molecule has 0 aromatic heterocycles. The van der Waals surface area contributed by atoms with Gasteiger partial charge in [-0.2, -0.15) is 0 Å². The Balaban J connectivity index is 1.97. The molecule has 1 unspecified atom stereocenters. The van der Waals surface area contributed by atoms with E-state index in [-0.39, 0.29) is 17.5 Å². The molecule has 4 nitrogen and oxygen atoms in total. The van der Waals surface area contributed by atoms with Crippen LogP contribution in [-0.4, -0.2) is 46.3 Å². The first-order valence-electron chi connectivity index (χ1n) is 8.75. The van der Waals surface area contributed by atoms with Crippen LogP contribution in [0.25, 0.3) is 11.1 Å². The molecular formula is C20H27FN2O2S. The molecule has 0 bridgehead atoms. The van der Waals surface area contributed by atoms with Gasteiger partial charge in [0, 0.05) is 12.1 Å². The Bertz CT molecular complexity index is 805. The molecule has 0 aliphatic rings. The zero-order chi connectivity index (χ0) is 19.2. The molecule has 142 valence electrons. The fraction of sp³-hybridized carbons (Fsp3) is 0.400. The second-order valence-corrected chi connectivity index (χ2v) is 8.69. The molecule has 0 amide bonds. The molecule has 2 rings (SSSR count). The number of hydrogen-bond donors (Lipinski definition) is 1. The minimum Gasteiger partial charge on any atom is -0.309 e. The quantitative estimate of drug-likeness (QED) is 0.680. The molecule has 0 radical (unpaired) electrons. The molecule has 1 atom stereocenters. The van der Waals surface area contributed by atoms with E-state index in [4.69, 9.17) is 0 Å². The van der Waals surface area contributed by atoms with Gasteiger partial charge in [-0.25, -0.2) is 17.5 Å². The lowest BCUT2D eigenvalue weighted by Crippen LogP contribution is -2.31. The van der Waals surface area contributed by atoms with E-state index in [1.54, 1.807) is 18.2 Å². The first-order valence-corrected chi connectivity index (χ1v) is 10.4. The maximum absolute atomic E-state index is 13.9. The SMILES string of the molecule is CC(CS(=O)(=O)NCCCN(C)C)c1ccc(-c2ccccc2F)cc1. The highest BCUT2D eigenvalue weighted by Crippen LogP contribution is 2.25. The third-order valence-corrected chi connectivity index (χ3v) is 5.82. The minimum atomic E-state index is -3.32. The zero-order valence-corrected chi connectivity index (χ0v) is 16.4. The fourth-order valence-corrected chi connectivity index (χ4v) is 4.22. The standard InChI is InChI=1S/C20H27FN2O2S/c1-16(15-26(24,25)22-13-6-14-23(2)3)17-9-11-18(12-10-17)19-7-4-5-8-20(19)21/h4-5,7-12,16,22H,6,13-15H2,1-3H3. The van der Waals surface area contributed by atoms with Crippen LogP contribution in [-0.2, 0) is 10.0 Å². The summed E-state index contributed by atoms with van der Waals surface area (Å²) >= 11 is 0. The zero-order valence-electron chi connectivity index (χ0n) is 15.6. The predicted octanol–water partition coefficient (Wildman–Crippen LogP) is 3.47. The summed E-state index contributed by atoms with van der Waals surface area (Å²) < 4.78 is 41.0. The predicted molar refractivity (Wildman–Crippen MR) is 105 cm³/mol. The monoisotopic (exact) mass is 378 g/mol. The van der Waals surface area contributed by atoms with E-state index in [0.717, 1.165) is 24.1 Å². The Morgan fingerprint density at radius 1 is 1.08 bits per heavy atom. The van der Waals surface area contributed by atoms with E-state index in [1.807, 2.05) is 50.2 Å². The average Bonchev–Trinajstić information content (AvgIpc) is 2.59. The van der Waals surface area contributed by atoms with Crippen LogP contribution in [0.4, 0.5) is 4.39 Å². The van der Waals surface area contributed by atoms with E-state index < -0.39 is 10.0 Å². The number of rotatable bonds is 9. The molecule has 0 aliphatic heterocycles. The van der Waals surface area contributed by atoms with Gasteiger partial charge in [0.15, 0.2) is 0 Å². The third kappa shape index (κ3) is 6.20. The molecule has 0 spiro atoms. The van der Waals surface area contributed by atoms with Crippen LogP contribution < -0.4 is 4.72 Å². The van der Waals surface area contributed by atoms with Gasteiger partial charge >= 0.3 is 0 Å². The van der Waals surface area contributed by atoms with Crippen molar-refractivity contribution in [2.75, 3.05) is 32.9 Å². The molecule has 0 aliphatic carbocycles. The van der Waals surface area contributed by atoms with E-state index in [0.29, 0.717) is 12.1 Å². The molecule has 0 fully saturated rings. The van der Waals surface area contributed by atoms with E-state index in [2.05, 4.69) is 4.72 Å². The molecule has 0 saturated heterocycles.